The van der Waals surface area contributed by atoms with Crippen LogP contribution in [0.25, 0.3) is 5.69 Å². The van der Waals surface area contributed by atoms with Crippen LogP contribution in [-0.4, -0.2) is 4.57 Å². The highest BCUT2D eigenvalue weighted by Gasteiger charge is 2.47. The molecule has 1 fully saturated rings. The SMILES string of the molecule is C[n+]1cn(-c2ccc3c(c2)C2CCC3CC2)c2c1C(C)(C)CCC2(C)C. The third-order valence-electron chi connectivity index (χ3n) is 7.72. The number of rotatable bonds is 1. The molecule has 0 unspecified atom stereocenters. The van der Waals surface area contributed by atoms with Crippen molar-refractivity contribution in [2.75, 3.05) is 0 Å². The Bertz CT molecular complexity index is 876. The van der Waals surface area contributed by atoms with Crippen molar-refractivity contribution in [1.82, 2.24) is 4.57 Å². The Morgan fingerprint density at radius 1 is 0.885 bits per heavy atom. The Morgan fingerprint density at radius 3 is 2.19 bits per heavy atom. The zero-order valence-electron chi connectivity index (χ0n) is 17.1. The average Bonchev–Trinajstić information content (AvgIpc) is 3.00. The minimum Gasteiger partial charge on any atom is -0.236 e. The van der Waals surface area contributed by atoms with Gasteiger partial charge in [0.1, 0.15) is 5.69 Å². The summed E-state index contributed by atoms with van der Waals surface area (Å²) >= 11 is 0. The molecule has 0 atom stereocenters. The molecule has 2 bridgehead atoms. The second-order valence-electron chi connectivity index (χ2n) is 10.4. The first-order valence-electron chi connectivity index (χ1n) is 10.5. The van der Waals surface area contributed by atoms with E-state index in [0.717, 1.165) is 11.8 Å². The summed E-state index contributed by atoms with van der Waals surface area (Å²) in [5.41, 5.74) is 8.20. The van der Waals surface area contributed by atoms with Crippen LogP contribution < -0.4 is 4.57 Å². The van der Waals surface area contributed by atoms with E-state index in [9.17, 15) is 0 Å². The predicted molar refractivity (Wildman–Crippen MR) is 106 cm³/mol. The zero-order valence-corrected chi connectivity index (χ0v) is 17.1. The Kier molecular flexibility index (Phi) is 3.34. The molecule has 0 aliphatic heterocycles. The Hall–Kier alpha value is -1.57. The molecule has 1 heterocycles. The van der Waals surface area contributed by atoms with Gasteiger partial charge in [0.25, 0.3) is 0 Å². The maximum atomic E-state index is 2.53. The topological polar surface area (TPSA) is 8.81 Å². The van der Waals surface area contributed by atoms with E-state index < -0.39 is 0 Å². The smallest absolute Gasteiger partial charge is 0.236 e. The Morgan fingerprint density at radius 2 is 1.50 bits per heavy atom. The summed E-state index contributed by atoms with van der Waals surface area (Å²) in [6.45, 7) is 9.68. The zero-order chi connectivity index (χ0) is 18.3. The number of benzene rings is 1. The number of imidazole rings is 1. The van der Waals surface area contributed by atoms with Crippen molar-refractivity contribution in [2.45, 2.75) is 88.9 Å². The molecule has 2 nitrogen and oxygen atoms in total. The van der Waals surface area contributed by atoms with Crippen molar-refractivity contribution in [3.05, 3.63) is 47.0 Å². The van der Waals surface area contributed by atoms with Gasteiger partial charge in [-0.3, -0.25) is 0 Å². The van der Waals surface area contributed by atoms with Crippen LogP contribution in [0.5, 0.6) is 0 Å². The lowest BCUT2D eigenvalue weighted by molar-refractivity contribution is -0.682. The van der Waals surface area contributed by atoms with Crippen LogP contribution in [-0.2, 0) is 17.9 Å². The normalized spacial score (nSPS) is 27.9. The van der Waals surface area contributed by atoms with Gasteiger partial charge in [-0.2, -0.15) is 4.57 Å². The van der Waals surface area contributed by atoms with Gasteiger partial charge < -0.3 is 0 Å². The number of nitrogens with zero attached hydrogens (tertiary/aromatic N) is 2. The molecule has 4 aliphatic carbocycles. The number of aromatic nitrogens is 2. The molecule has 6 rings (SSSR count). The molecule has 26 heavy (non-hydrogen) atoms. The van der Waals surface area contributed by atoms with Crippen molar-refractivity contribution >= 4 is 0 Å². The monoisotopic (exact) mass is 349 g/mol. The summed E-state index contributed by atoms with van der Waals surface area (Å²) in [5, 5.41) is 0. The number of hydrogen-bond acceptors (Lipinski definition) is 0. The lowest BCUT2D eigenvalue weighted by Gasteiger charge is -2.38. The van der Waals surface area contributed by atoms with Crippen molar-refractivity contribution in [3.8, 4) is 5.69 Å². The summed E-state index contributed by atoms with van der Waals surface area (Å²) in [7, 11) is 2.23. The number of fused-ring (bicyclic) bond motifs is 3. The van der Waals surface area contributed by atoms with Gasteiger partial charge >= 0.3 is 0 Å². The average molecular weight is 350 g/mol. The highest BCUT2D eigenvalue weighted by atomic mass is 15.2. The fraction of sp³-hybridized carbons (Fsp3) is 0.625. The summed E-state index contributed by atoms with van der Waals surface area (Å²) in [5.74, 6) is 1.63. The first kappa shape index (κ1) is 16.6. The number of hydrogen-bond donors (Lipinski definition) is 0. The fourth-order valence-electron chi connectivity index (χ4n) is 6.22. The molecule has 0 N–H and O–H groups in total. The largest absolute Gasteiger partial charge is 0.249 e. The summed E-state index contributed by atoms with van der Waals surface area (Å²) < 4.78 is 4.90. The highest BCUT2D eigenvalue weighted by molar-refractivity contribution is 5.48. The molecule has 1 aromatic carbocycles. The summed E-state index contributed by atoms with van der Waals surface area (Å²) in [6, 6.07) is 7.37. The fourth-order valence-corrected chi connectivity index (χ4v) is 6.22. The quantitative estimate of drug-likeness (QED) is 0.609. The van der Waals surface area contributed by atoms with E-state index in [-0.39, 0.29) is 10.8 Å². The lowest BCUT2D eigenvalue weighted by atomic mass is 9.66. The molecule has 4 aliphatic rings. The minimum atomic E-state index is 0.223. The molecule has 1 saturated carbocycles. The lowest BCUT2D eigenvalue weighted by Crippen LogP contribution is -2.44. The van der Waals surface area contributed by atoms with Gasteiger partial charge in [-0.15, -0.1) is 0 Å². The molecule has 0 amide bonds. The van der Waals surface area contributed by atoms with Gasteiger partial charge in [0.2, 0.25) is 6.33 Å². The van der Waals surface area contributed by atoms with Crippen molar-refractivity contribution < 1.29 is 4.57 Å². The molecule has 0 spiro atoms. The summed E-state index contributed by atoms with van der Waals surface area (Å²) in [6.07, 6.45) is 10.5. The molecule has 1 aromatic heterocycles. The summed E-state index contributed by atoms with van der Waals surface area (Å²) in [4.78, 5) is 0. The van der Waals surface area contributed by atoms with E-state index in [1.54, 1.807) is 11.1 Å². The van der Waals surface area contributed by atoms with E-state index in [4.69, 9.17) is 0 Å². The second kappa shape index (κ2) is 5.24. The first-order valence-corrected chi connectivity index (χ1v) is 10.5. The number of aryl methyl sites for hydroxylation is 1. The van der Waals surface area contributed by atoms with E-state index >= 15 is 0 Å². The molecule has 2 heteroatoms. The van der Waals surface area contributed by atoms with Gasteiger partial charge in [-0.25, -0.2) is 4.57 Å². The van der Waals surface area contributed by atoms with Crippen LogP contribution >= 0.6 is 0 Å². The molecule has 138 valence electrons. The molecular formula is C24H33N2+. The van der Waals surface area contributed by atoms with Crippen LogP contribution in [0.3, 0.4) is 0 Å². The Labute approximate surface area is 158 Å². The van der Waals surface area contributed by atoms with Crippen molar-refractivity contribution in [2.24, 2.45) is 7.05 Å². The van der Waals surface area contributed by atoms with Crippen LogP contribution in [0, 0.1) is 0 Å². The van der Waals surface area contributed by atoms with Crippen LogP contribution in [0.15, 0.2) is 24.5 Å². The third-order valence-corrected chi connectivity index (χ3v) is 7.72. The maximum absolute atomic E-state index is 2.53. The van der Waals surface area contributed by atoms with E-state index in [1.807, 2.05) is 0 Å². The molecule has 0 saturated heterocycles. The second-order valence-corrected chi connectivity index (χ2v) is 10.4. The van der Waals surface area contributed by atoms with Gasteiger partial charge in [-0.05, 0) is 73.6 Å². The maximum Gasteiger partial charge on any atom is 0.249 e. The van der Waals surface area contributed by atoms with E-state index in [1.165, 1.54) is 55.6 Å². The third kappa shape index (κ3) is 2.20. The predicted octanol–water partition coefficient (Wildman–Crippen LogP) is 5.41. The van der Waals surface area contributed by atoms with Crippen LogP contribution in [0.2, 0.25) is 0 Å². The van der Waals surface area contributed by atoms with Gasteiger partial charge in [-0.1, -0.05) is 33.8 Å². The van der Waals surface area contributed by atoms with Crippen molar-refractivity contribution in [3.63, 3.8) is 0 Å². The van der Waals surface area contributed by atoms with Crippen LogP contribution in [0.4, 0.5) is 0 Å². The molecular weight excluding hydrogens is 316 g/mol. The highest BCUT2D eigenvalue weighted by Crippen LogP contribution is 2.50. The van der Waals surface area contributed by atoms with Gasteiger partial charge in [0.05, 0.1) is 7.05 Å². The minimum absolute atomic E-state index is 0.223. The van der Waals surface area contributed by atoms with Gasteiger partial charge in [0, 0.05) is 10.8 Å². The van der Waals surface area contributed by atoms with Crippen LogP contribution in [0.1, 0.15) is 101 Å². The molecule has 0 radical (unpaired) electrons. The van der Waals surface area contributed by atoms with E-state index in [2.05, 4.69) is 68.4 Å². The van der Waals surface area contributed by atoms with Crippen molar-refractivity contribution in [1.29, 1.82) is 0 Å². The van der Waals surface area contributed by atoms with E-state index in [0.29, 0.717) is 0 Å². The Balaban J connectivity index is 1.70. The standard InChI is InChI=1S/C24H33N2/c1-23(2)12-13-24(3,4)22-21(23)25(5)15-26(22)18-10-11-19-16-6-8-17(9-7-16)20(19)14-18/h10-11,14-17H,6-9,12-13H2,1-5H3/q+1. The molecule has 2 aromatic rings. The van der Waals surface area contributed by atoms with Gasteiger partial charge in [0.15, 0.2) is 11.4 Å². The first-order chi connectivity index (χ1) is 12.3.